The molecule has 3 aromatic rings. The number of rotatable bonds is 6. The van der Waals surface area contributed by atoms with Gasteiger partial charge in [0, 0.05) is 28.9 Å². The summed E-state index contributed by atoms with van der Waals surface area (Å²) in [4.78, 5) is 17.4. The van der Waals surface area contributed by atoms with Gasteiger partial charge in [-0.15, -0.1) is 0 Å². The molecule has 1 N–H and O–H groups in total. The highest BCUT2D eigenvalue weighted by Gasteiger charge is 2.13. The minimum Gasteiger partial charge on any atom is -0.396 e. The molecule has 0 aliphatic heterocycles. The van der Waals surface area contributed by atoms with Crippen LogP contribution >= 0.6 is 35.0 Å². The van der Waals surface area contributed by atoms with Crippen LogP contribution in [0.25, 0.3) is 10.9 Å². The van der Waals surface area contributed by atoms with Gasteiger partial charge in [0.2, 0.25) is 0 Å². The number of aromatic nitrogens is 2. The van der Waals surface area contributed by atoms with E-state index in [1.807, 2.05) is 18.2 Å². The fourth-order valence-corrected chi connectivity index (χ4v) is 4.26. The smallest absolute Gasteiger partial charge is 0.262 e. The van der Waals surface area contributed by atoms with Crippen LogP contribution in [0.15, 0.2) is 52.4 Å². The molecule has 0 spiro atoms. The Balaban J connectivity index is 2.00. The molecule has 4 nitrogen and oxygen atoms in total. The van der Waals surface area contributed by atoms with Crippen molar-refractivity contribution in [3.8, 4) is 0 Å². The van der Waals surface area contributed by atoms with Crippen molar-refractivity contribution < 1.29 is 5.11 Å². The molecule has 0 radical (unpaired) electrons. The number of nitrogens with zero attached hydrogens (tertiary/aromatic N) is 2. The van der Waals surface area contributed by atoms with E-state index < -0.39 is 0 Å². The van der Waals surface area contributed by atoms with Gasteiger partial charge in [-0.25, -0.2) is 4.98 Å². The summed E-state index contributed by atoms with van der Waals surface area (Å²) in [5, 5.41) is 11.5. The molecule has 0 amide bonds. The molecule has 0 saturated carbocycles. The van der Waals surface area contributed by atoms with Crippen molar-refractivity contribution in [2.75, 3.05) is 6.61 Å². The Kier molecular flexibility index (Phi) is 6.02. The fourth-order valence-electron chi connectivity index (χ4n) is 2.49. The lowest BCUT2D eigenvalue weighted by Gasteiger charge is -2.13. The van der Waals surface area contributed by atoms with Crippen molar-refractivity contribution in [1.82, 2.24) is 9.55 Å². The van der Waals surface area contributed by atoms with E-state index in [1.54, 1.807) is 28.8 Å². The van der Waals surface area contributed by atoms with Gasteiger partial charge in [-0.3, -0.25) is 9.36 Å². The van der Waals surface area contributed by atoms with E-state index in [0.29, 0.717) is 44.8 Å². The van der Waals surface area contributed by atoms with Gasteiger partial charge in [0.1, 0.15) is 0 Å². The number of benzene rings is 2. The number of hydrogen-bond donors (Lipinski definition) is 1. The molecule has 7 heteroatoms. The highest BCUT2D eigenvalue weighted by atomic mass is 35.5. The standard InChI is InChI=1S/C18H16Cl2N2O2S/c19-14-6-3-7-15(20)13(14)11-25-18-21-16-8-2-1-5-12(16)17(24)22(18)9-4-10-23/h1-3,5-8,23H,4,9-11H2. The first-order valence-electron chi connectivity index (χ1n) is 7.78. The SMILES string of the molecule is O=c1c2ccccc2nc(SCc2c(Cl)cccc2Cl)n1CCCO. The molecule has 0 atom stereocenters. The van der Waals surface area contributed by atoms with Gasteiger partial charge < -0.3 is 5.11 Å². The molecule has 0 bridgehead atoms. The van der Waals surface area contributed by atoms with E-state index >= 15 is 0 Å². The zero-order valence-electron chi connectivity index (χ0n) is 13.3. The lowest BCUT2D eigenvalue weighted by Crippen LogP contribution is -2.24. The quantitative estimate of drug-likeness (QED) is 0.497. The summed E-state index contributed by atoms with van der Waals surface area (Å²) in [6.07, 6.45) is 0.486. The first-order chi connectivity index (χ1) is 12.1. The second-order valence-electron chi connectivity index (χ2n) is 5.43. The van der Waals surface area contributed by atoms with Crippen LogP contribution in [0.3, 0.4) is 0 Å². The molecular formula is C18H16Cl2N2O2S. The third-order valence-electron chi connectivity index (χ3n) is 3.77. The Hall–Kier alpha value is -1.53. The Morgan fingerprint density at radius 3 is 2.52 bits per heavy atom. The van der Waals surface area contributed by atoms with Gasteiger partial charge in [0.25, 0.3) is 5.56 Å². The maximum Gasteiger partial charge on any atom is 0.262 e. The number of halogens is 2. The Bertz CT molecular complexity index is 939. The minimum absolute atomic E-state index is 0.0136. The molecule has 0 aliphatic rings. The fraction of sp³-hybridized carbons (Fsp3) is 0.222. The predicted molar refractivity (Wildman–Crippen MR) is 104 cm³/mol. The maximum atomic E-state index is 12.8. The average molecular weight is 395 g/mol. The van der Waals surface area contributed by atoms with Crippen molar-refractivity contribution in [3.05, 3.63) is 68.4 Å². The summed E-state index contributed by atoms with van der Waals surface area (Å²) in [7, 11) is 0. The zero-order valence-corrected chi connectivity index (χ0v) is 15.6. The lowest BCUT2D eigenvalue weighted by molar-refractivity contribution is 0.276. The molecule has 3 rings (SSSR count). The van der Waals surface area contributed by atoms with E-state index in [-0.39, 0.29) is 12.2 Å². The van der Waals surface area contributed by atoms with Crippen LogP contribution in [0.5, 0.6) is 0 Å². The summed E-state index contributed by atoms with van der Waals surface area (Å²) in [5.41, 5.74) is 1.36. The topological polar surface area (TPSA) is 55.1 Å². The Morgan fingerprint density at radius 1 is 1.08 bits per heavy atom. The maximum absolute atomic E-state index is 12.8. The first kappa shape index (κ1) is 18.3. The minimum atomic E-state index is -0.105. The van der Waals surface area contributed by atoms with E-state index in [0.717, 1.165) is 5.56 Å². The largest absolute Gasteiger partial charge is 0.396 e. The summed E-state index contributed by atoms with van der Waals surface area (Å²) >= 11 is 13.9. The lowest BCUT2D eigenvalue weighted by atomic mass is 10.2. The number of aliphatic hydroxyl groups is 1. The van der Waals surface area contributed by atoms with Crippen molar-refractivity contribution in [1.29, 1.82) is 0 Å². The molecule has 0 unspecified atom stereocenters. The van der Waals surface area contributed by atoms with Crippen molar-refractivity contribution >= 4 is 45.9 Å². The van der Waals surface area contributed by atoms with Crippen molar-refractivity contribution in [3.63, 3.8) is 0 Å². The molecule has 0 saturated heterocycles. The van der Waals surface area contributed by atoms with Crippen LogP contribution in [0.1, 0.15) is 12.0 Å². The third-order valence-corrected chi connectivity index (χ3v) is 5.48. The molecule has 0 aliphatic carbocycles. The second-order valence-corrected chi connectivity index (χ2v) is 7.19. The molecule has 25 heavy (non-hydrogen) atoms. The van der Waals surface area contributed by atoms with Gasteiger partial charge in [-0.05, 0) is 36.2 Å². The number of para-hydroxylation sites is 1. The zero-order chi connectivity index (χ0) is 17.8. The van der Waals surface area contributed by atoms with Crippen LogP contribution in [0.4, 0.5) is 0 Å². The predicted octanol–water partition coefficient (Wildman–Crippen LogP) is 4.38. The van der Waals surface area contributed by atoms with Gasteiger partial charge in [-0.1, -0.05) is 53.2 Å². The number of thioether (sulfide) groups is 1. The average Bonchev–Trinajstić information content (AvgIpc) is 2.61. The Morgan fingerprint density at radius 2 is 1.80 bits per heavy atom. The highest BCUT2D eigenvalue weighted by molar-refractivity contribution is 7.98. The molecule has 0 fully saturated rings. The number of fused-ring (bicyclic) bond motifs is 1. The van der Waals surface area contributed by atoms with Gasteiger partial charge >= 0.3 is 0 Å². The summed E-state index contributed by atoms with van der Waals surface area (Å²) < 4.78 is 1.61. The second kappa shape index (κ2) is 8.23. The third kappa shape index (κ3) is 4.01. The van der Waals surface area contributed by atoms with Crippen LogP contribution in [0.2, 0.25) is 10.0 Å². The summed E-state index contributed by atoms with van der Waals surface area (Å²) in [6, 6.07) is 12.6. The highest BCUT2D eigenvalue weighted by Crippen LogP contribution is 2.31. The van der Waals surface area contributed by atoms with E-state index in [2.05, 4.69) is 4.98 Å². The van der Waals surface area contributed by atoms with Crippen LogP contribution in [0, 0.1) is 0 Å². The Labute approximate surface area is 159 Å². The molecule has 2 aromatic carbocycles. The van der Waals surface area contributed by atoms with Crippen LogP contribution in [-0.2, 0) is 12.3 Å². The van der Waals surface area contributed by atoms with E-state index in [4.69, 9.17) is 28.3 Å². The molecular weight excluding hydrogens is 379 g/mol. The molecule has 1 aromatic heterocycles. The number of aliphatic hydroxyl groups excluding tert-OH is 1. The van der Waals surface area contributed by atoms with Crippen LogP contribution < -0.4 is 5.56 Å². The summed E-state index contributed by atoms with van der Waals surface area (Å²) in [6.45, 7) is 0.422. The van der Waals surface area contributed by atoms with Crippen molar-refractivity contribution in [2.45, 2.75) is 23.9 Å². The van der Waals surface area contributed by atoms with Gasteiger partial charge in [-0.2, -0.15) is 0 Å². The van der Waals surface area contributed by atoms with Gasteiger partial charge in [0.15, 0.2) is 5.16 Å². The molecule has 130 valence electrons. The monoisotopic (exact) mass is 394 g/mol. The first-order valence-corrected chi connectivity index (χ1v) is 9.52. The van der Waals surface area contributed by atoms with Gasteiger partial charge in [0.05, 0.1) is 10.9 Å². The van der Waals surface area contributed by atoms with E-state index in [9.17, 15) is 4.79 Å². The van der Waals surface area contributed by atoms with Crippen LogP contribution in [-0.4, -0.2) is 21.3 Å². The van der Waals surface area contributed by atoms with Crippen molar-refractivity contribution in [2.24, 2.45) is 0 Å². The normalized spacial score (nSPS) is 11.2. The summed E-state index contributed by atoms with van der Waals surface area (Å²) in [5.74, 6) is 0.502. The molecule has 1 heterocycles. The van der Waals surface area contributed by atoms with E-state index in [1.165, 1.54) is 11.8 Å². The number of hydrogen-bond acceptors (Lipinski definition) is 4.